The molecule has 0 bridgehead atoms. The van der Waals surface area contributed by atoms with Gasteiger partial charge in [-0.25, -0.2) is 4.79 Å². The number of carbonyl (C=O) groups is 1. The number of benzene rings is 3. The van der Waals surface area contributed by atoms with Crippen LogP contribution in [0.3, 0.4) is 0 Å². The van der Waals surface area contributed by atoms with Gasteiger partial charge in [0.15, 0.2) is 11.5 Å². The summed E-state index contributed by atoms with van der Waals surface area (Å²) in [6.45, 7) is 0.141. The molecule has 31 heavy (non-hydrogen) atoms. The second-order valence-corrected chi connectivity index (χ2v) is 6.74. The summed E-state index contributed by atoms with van der Waals surface area (Å²) in [7, 11) is 0. The Balaban J connectivity index is 1.65. The van der Waals surface area contributed by atoms with Gasteiger partial charge in [-0.05, 0) is 54.1 Å². The Morgan fingerprint density at radius 3 is 2.32 bits per heavy atom. The summed E-state index contributed by atoms with van der Waals surface area (Å²) in [5.41, 5.74) is -0.194. The maximum Gasteiger partial charge on any atom is 0.416 e. The molecule has 1 N–H and O–H groups in total. The molecule has 3 rings (SSSR count). The molecule has 0 aromatic heterocycles. The molecule has 8 heteroatoms. The fourth-order valence-electron chi connectivity index (χ4n) is 2.62. The van der Waals surface area contributed by atoms with Crippen LogP contribution in [-0.4, -0.2) is 17.7 Å². The molecule has 0 aliphatic rings. The highest BCUT2D eigenvalue weighted by molar-refractivity contribution is 6.33. The summed E-state index contributed by atoms with van der Waals surface area (Å²) in [5.74, 6) is -0.123. The summed E-state index contributed by atoms with van der Waals surface area (Å²) >= 11 is 5.87. The first-order chi connectivity index (χ1) is 14.7. The maximum absolute atomic E-state index is 12.6. The second-order valence-electron chi connectivity index (χ2n) is 6.33. The first-order valence-corrected chi connectivity index (χ1v) is 9.38. The average molecular weight is 449 g/mol. The van der Waals surface area contributed by atoms with Crippen molar-refractivity contribution in [2.45, 2.75) is 6.18 Å². The van der Waals surface area contributed by atoms with E-state index in [1.807, 2.05) is 0 Å². The van der Waals surface area contributed by atoms with Crippen LogP contribution in [0.1, 0.15) is 21.5 Å². The lowest BCUT2D eigenvalue weighted by Crippen LogP contribution is -2.04. The van der Waals surface area contributed by atoms with Crippen LogP contribution in [0, 0.1) is 0 Å². The Morgan fingerprint density at radius 2 is 1.68 bits per heavy atom. The van der Waals surface area contributed by atoms with Crippen molar-refractivity contribution in [1.29, 1.82) is 0 Å². The number of alkyl halides is 3. The van der Waals surface area contributed by atoms with Gasteiger partial charge in [-0.1, -0.05) is 41.9 Å². The standard InChI is InChI=1S/C23H16ClF3O4/c24-19-12-11-17(14-18(19)22(28)29)31-21-6-2-1-5-20(21)30-13-3-4-15-7-9-16(10-8-15)23(25,26)27/h1-12,14H,13H2,(H,28,29). The Labute approximate surface area is 181 Å². The third-order valence-electron chi connectivity index (χ3n) is 4.13. The number of hydrogen-bond acceptors (Lipinski definition) is 3. The minimum Gasteiger partial charge on any atom is -0.486 e. The molecule has 160 valence electrons. The Kier molecular flexibility index (Phi) is 6.87. The van der Waals surface area contributed by atoms with E-state index in [-0.39, 0.29) is 22.9 Å². The van der Waals surface area contributed by atoms with Crippen molar-refractivity contribution in [3.05, 3.63) is 94.5 Å². The molecule has 0 spiro atoms. The summed E-state index contributed by atoms with van der Waals surface area (Å²) < 4.78 is 49.2. The van der Waals surface area contributed by atoms with E-state index >= 15 is 0 Å². The van der Waals surface area contributed by atoms with Gasteiger partial charge in [-0.3, -0.25) is 0 Å². The maximum atomic E-state index is 12.6. The molecule has 0 saturated heterocycles. The van der Waals surface area contributed by atoms with Crippen LogP contribution in [0.25, 0.3) is 6.08 Å². The number of para-hydroxylation sites is 2. The molecule has 3 aromatic rings. The van der Waals surface area contributed by atoms with Crippen molar-refractivity contribution in [1.82, 2.24) is 0 Å². The van der Waals surface area contributed by atoms with Gasteiger partial charge >= 0.3 is 12.1 Å². The quantitative estimate of drug-likeness (QED) is 0.425. The van der Waals surface area contributed by atoms with E-state index in [9.17, 15) is 23.1 Å². The smallest absolute Gasteiger partial charge is 0.416 e. The minimum atomic E-state index is -4.37. The predicted octanol–water partition coefficient (Wildman–Crippen LogP) is 6.94. The van der Waals surface area contributed by atoms with Crippen molar-refractivity contribution in [3.8, 4) is 17.2 Å². The first kappa shape index (κ1) is 22.2. The molecule has 0 aliphatic carbocycles. The highest BCUT2D eigenvalue weighted by Crippen LogP contribution is 2.33. The fourth-order valence-corrected chi connectivity index (χ4v) is 2.82. The lowest BCUT2D eigenvalue weighted by molar-refractivity contribution is -0.137. The molecular formula is C23H16ClF3O4. The largest absolute Gasteiger partial charge is 0.486 e. The molecular weight excluding hydrogens is 433 g/mol. The summed E-state index contributed by atoms with van der Waals surface area (Å²) in [5, 5.41) is 9.27. The zero-order valence-corrected chi connectivity index (χ0v) is 16.7. The number of ether oxygens (including phenoxy) is 2. The zero-order chi connectivity index (χ0) is 22.4. The normalized spacial score (nSPS) is 11.5. The van der Waals surface area contributed by atoms with E-state index in [0.29, 0.717) is 17.1 Å². The van der Waals surface area contributed by atoms with Crippen LogP contribution in [0.2, 0.25) is 5.02 Å². The van der Waals surface area contributed by atoms with Crippen molar-refractivity contribution < 1.29 is 32.5 Å². The van der Waals surface area contributed by atoms with Gasteiger partial charge in [0.2, 0.25) is 0 Å². The van der Waals surface area contributed by atoms with Gasteiger partial charge < -0.3 is 14.6 Å². The third kappa shape index (κ3) is 6.02. The average Bonchev–Trinajstić information content (AvgIpc) is 2.73. The number of carboxylic acid groups (broad SMARTS) is 1. The SMILES string of the molecule is O=C(O)c1cc(Oc2ccccc2OCC=Cc2ccc(C(F)(F)F)cc2)ccc1Cl. The summed E-state index contributed by atoms with van der Waals surface area (Å²) in [4.78, 5) is 11.2. The third-order valence-corrected chi connectivity index (χ3v) is 4.46. The van der Waals surface area contributed by atoms with Crippen molar-refractivity contribution >= 4 is 23.6 Å². The molecule has 4 nitrogen and oxygen atoms in total. The fraction of sp³-hybridized carbons (Fsp3) is 0.0870. The number of halogens is 4. The van der Waals surface area contributed by atoms with Gasteiger partial charge in [-0.15, -0.1) is 0 Å². The molecule has 3 aromatic carbocycles. The van der Waals surface area contributed by atoms with Crippen molar-refractivity contribution in [2.75, 3.05) is 6.61 Å². The second kappa shape index (κ2) is 9.57. The number of rotatable bonds is 7. The molecule has 0 aliphatic heterocycles. The molecule has 0 atom stereocenters. The van der Waals surface area contributed by atoms with Crippen LogP contribution >= 0.6 is 11.6 Å². The van der Waals surface area contributed by atoms with Crippen LogP contribution in [-0.2, 0) is 6.18 Å². The van der Waals surface area contributed by atoms with E-state index in [2.05, 4.69) is 0 Å². The highest BCUT2D eigenvalue weighted by atomic mass is 35.5. The van der Waals surface area contributed by atoms with Crippen LogP contribution < -0.4 is 9.47 Å². The molecule has 0 fully saturated rings. The first-order valence-electron chi connectivity index (χ1n) is 9.00. The Bertz CT molecular complexity index is 1090. The number of aromatic carboxylic acids is 1. The van der Waals surface area contributed by atoms with Crippen molar-refractivity contribution in [3.63, 3.8) is 0 Å². The van der Waals surface area contributed by atoms with Gasteiger partial charge in [0.25, 0.3) is 0 Å². The number of hydrogen-bond donors (Lipinski definition) is 1. The molecule has 0 saturated carbocycles. The van der Waals surface area contributed by atoms with Crippen LogP contribution in [0.4, 0.5) is 13.2 Å². The monoisotopic (exact) mass is 448 g/mol. The van der Waals surface area contributed by atoms with E-state index in [1.165, 1.54) is 30.3 Å². The van der Waals surface area contributed by atoms with Gasteiger partial charge in [0, 0.05) is 0 Å². The van der Waals surface area contributed by atoms with Gasteiger partial charge in [0.05, 0.1) is 16.1 Å². The predicted molar refractivity (Wildman–Crippen MR) is 111 cm³/mol. The zero-order valence-electron chi connectivity index (χ0n) is 15.9. The van der Waals surface area contributed by atoms with E-state index in [0.717, 1.165) is 12.1 Å². The van der Waals surface area contributed by atoms with Crippen molar-refractivity contribution in [2.24, 2.45) is 0 Å². The summed E-state index contributed by atoms with van der Waals surface area (Å²) in [6, 6.07) is 15.9. The topological polar surface area (TPSA) is 55.8 Å². The highest BCUT2D eigenvalue weighted by Gasteiger charge is 2.29. The van der Waals surface area contributed by atoms with E-state index in [4.69, 9.17) is 21.1 Å². The molecule has 0 unspecified atom stereocenters. The lowest BCUT2D eigenvalue weighted by Gasteiger charge is -2.12. The van der Waals surface area contributed by atoms with Gasteiger partial charge in [-0.2, -0.15) is 13.2 Å². The molecule has 0 amide bonds. The van der Waals surface area contributed by atoms with Gasteiger partial charge in [0.1, 0.15) is 12.4 Å². The minimum absolute atomic E-state index is 0.0861. The Hall–Kier alpha value is -3.45. The van der Waals surface area contributed by atoms with Crippen LogP contribution in [0.15, 0.2) is 72.8 Å². The molecule has 0 heterocycles. The number of carboxylic acids is 1. The molecule has 0 radical (unpaired) electrons. The summed E-state index contributed by atoms with van der Waals surface area (Å²) in [6.07, 6.45) is -1.07. The van der Waals surface area contributed by atoms with E-state index in [1.54, 1.807) is 36.4 Å². The Morgan fingerprint density at radius 1 is 1.00 bits per heavy atom. The van der Waals surface area contributed by atoms with Crippen LogP contribution in [0.5, 0.6) is 17.2 Å². The lowest BCUT2D eigenvalue weighted by atomic mass is 10.1. The van der Waals surface area contributed by atoms with E-state index < -0.39 is 17.7 Å².